The van der Waals surface area contributed by atoms with Crippen molar-refractivity contribution in [3.05, 3.63) is 71.3 Å². The fourth-order valence-electron chi connectivity index (χ4n) is 2.32. The minimum absolute atomic E-state index is 0.0526. The van der Waals surface area contributed by atoms with Gasteiger partial charge in [-0.05, 0) is 50.2 Å². The topological polar surface area (TPSA) is 64.0 Å². The lowest BCUT2D eigenvalue weighted by atomic mass is 10.2. The SMILES string of the molecule is Cc1ncn(-c2ccc(NS(=O)(=O)c3ccccc3Cl)cc2)c1C. The lowest BCUT2D eigenvalue weighted by Crippen LogP contribution is -2.13. The maximum Gasteiger partial charge on any atom is 0.263 e. The van der Waals surface area contributed by atoms with Gasteiger partial charge in [-0.3, -0.25) is 4.72 Å². The van der Waals surface area contributed by atoms with Gasteiger partial charge < -0.3 is 4.57 Å². The van der Waals surface area contributed by atoms with Crippen molar-refractivity contribution in [2.24, 2.45) is 0 Å². The van der Waals surface area contributed by atoms with E-state index in [0.29, 0.717) is 5.69 Å². The number of aryl methyl sites for hydroxylation is 1. The highest BCUT2D eigenvalue weighted by Gasteiger charge is 2.17. The molecule has 5 nitrogen and oxygen atoms in total. The number of anilines is 1. The van der Waals surface area contributed by atoms with Crippen molar-refractivity contribution in [3.63, 3.8) is 0 Å². The molecular formula is C17H16ClN3O2S. The van der Waals surface area contributed by atoms with Crippen LogP contribution in [0.2, 0.25) is 5.02 Å². The molecule has 0 fully saturated rings. The van der Waals surface area contributed by atoms with Gasteiger partial charge in [0.15, 0.2) is 0 Å². The van der Waals surface area contributed by atoms with Crippen LogP contribution >= 0.6 is 11.6 Å². The van der Waals surface area contributed by atoms with Gasteiger partial charge in [0.05, 0.1) is 17.0 Å². The standard InChI is InChI=1S/C17H16ClN3O2S/c1-12-13(2)21(11-19-12)15-9-7-14(8-10-15)20-24(22,23)17-6-4-3-5-16(17)18/h3-11,20H,1-2H3. The summed E-state index contributed by atoms with van der Waals surface area (Å²) >= 11 is 5.97. The fourth-order valence-corrected chi connectivity index (χ4v) is 3.90. The van der Waals surface area contributed by atoms with Crippen LogP contribution in [0.4, 0.5) is 5.69 Å². The number of benzene rings is 2. The maximum atomic E-state index is 12.4. The van der Waals surface area contributed by atoms with E-state index in [9.17, 15) is 8.42 Å². The van der Waals surface area contributed by atoms with Gasteiger partial charge in [-0.15, -0.1) is 0 Å². The Bertz CT molecular complexity index is 979. The van der Waals surface area contributed by atoms with Gasteiger partial charge in [-0.1, -0.05) is 23.7 Å². The molecule has 0 aliphatic rings. The molecule has 0 spiro atoms. The smallest absolute Gasteiger partial charge is 0.263 e. The Hall–Kier alpha value is -2.31. The van der Waals surface area contributed by atoms with Crippen LogP contribution < -0.4 is 4.72 Å². The number of rotatable bonds is 4. The van der Waals surface area contributed by atoms with Crippen LogP contribution in [-0.2, 0) is 10.0 Å². The molecule has 0 saturated heterocycles. The van der Waals surface area contributed by atoms with Crippen molar-refractivity contribution in [2.75, 3.05) is 4.72 Å². The van der Waals surface area contributed by atoms with E-state index in [4.69, 9.17) is 11.6 Å². The van der Waals surface area contributed by atoms with E-state index in [1.807, 2.05) is 30.5 Å². The predicted octanol–water partition coefficient (Wildman–Crippen LogP) is 3.94. The Morgan fingerprint density at radius 2 is 1.71 bits per heavy atom. The third-order valence-corrected chi connectivity index (χ3v) is 5.66. The number of sulfonamides is 1. The molecule has 3 rings (SSSR count). The number of aromatic nitrogens is 2. The van der Waals surface area contributed by atoms with Crippen LogP contribution in [0.3, 0.4) is 0 Å². The first kappa shape index (κ1) is 16.5. The van der Waals surface area contributed by atoms with Crippen molar-refractivity contribution in [3.8, 4) is 5.69 Å². The predicted molar refractivity (Wildman–Crippen MR) is 95.3 cm³/mol. The van der Waals surface area contributed by atoms with Crippen LogP contribution in [0.15, 0.2) is 59.8 Å². The van der Waals surface area contributed by atoms with Crippen LogP contribution in [0.5, 0.6) is 0 Å². The van der Waals surface area contributed by atoms with E-state index < -0.39 is 10.0 Å². The Balaban J connectivity index is 1.87. The summed E-state index contributed by atoms with van der Waals surface area (Å²) in [6, 6.07) is 13.4. The van der Waals surface area contributed by atoms with Crippen LogP contribution in [0.1, 0.15) is 11.4 Å². The number of halogens is 1. The highest BCUT2D eigenvalue weighted by atomic mass is 35.5. The van der Waals surface area contributed by atoms with Gasteiger partial charge in [0.25, 0.3) is 10.0 Å². The second-order valence-electron chi connectivity index (χ2n) is 5.37. The van der Waals surface area contributed by atoms with Crippen molar-refractivity contribution in [2.45, 2.75) is 18.7 Å². The van der Waals surface area contributed by atoms with E-state index in [-0.39, 0.29) is 9.92 Å². The molecular weight excluding hydrogens is 346 g/mol. The monoisotopic (exact) mass is 361 g/mol. The first-order chi connectivity index (χ1) is 11.4. The molecule has 0 unspecified atom stereocenters. The lowest BCUT2D eigenvalue weighted by molar-refractivity contribution is 0.601. The fraction of sp³-hybridized carbons (Fsp3) is 0.118. The minimum atomic E-state index is -3.73. The average Bonchev–Trinajstić information content (AvgIpc) is 2.88. The van der Waals surface area contributed by atoms with E-state index in [0.717, 1.165) is 17.1 Å². The molecule has 3 aromatic rings. The molecule has 2 aromatic carbocycles. The molecule has 1 aromatic heterocycles. The molecule has 0 amide bonds. The largest absolute Gasteiger partial charge is 0.303 e. The van der Waals surface area contributed by atoms with Crippen molar-refractivity contribution in [1.82, 2.24) is 9.55 Å². The molecule has 0 atom stereocenters. The molecule has 0 radical (unpaired) electrons. The quantitative estimate of drug-likeness (QED) is 0.765. The van der Waals surface area contributed by atoms with Crippen molar-refractivity contribution >= 4 is 27.3 Å². The van der Waals surface area contributed by atoms with Crippen LogP contribution in [-0.4, -0.2) is 18.0 Å². The number of imidazole rings is 1. The van der Waals surface area contributed by atoms with E-state index in [1.165, 1.54) is 6.07 Å². The molecule has 0 aliphatic carbocycles. The molecule has 0 saturated carbocycles. The molecule has 1 heterocycles. The summed E-state index contributed by atoms with van der Waals surface area (Å²) < 4.78 is 29.3. The summed E-state index contributed by atoms with van der Waals surface area (Å²) in [5.74, 6) is 0. The Kier molecular flexibility index (Phi) is 4.34. The second kappa shape index (κ2) is 6.30. The third kappa shape index (κ3) is 3.16. The first-order valence-corrected chi connectivity index (χ1v) is 9.13. The first-order valence-electron chi connectivity index (χ1n) is 7.27. The highest BCUT2D eigenvalue weighted by Crippen LogP contribution is 2.24. The Morgan fingerprint density at radius 1 is 1.04 bits per heavy atom. The van der Waals surface area contributed by atoms with Crippen LogP contribution in [0.25, 0.3) is 5.69 Å². The Morgan fingerprint density at radius 3 is 2.29 bits per heavy atom. The second-order valence-corrected chi connectivity index (χ2v) is 7.43. The molecule has 1 N–H and O–H groups in total. The average molecular weight is 362 g/mol. The molecule has 24 heavy (non-hydrogen) atoms. The summed E-state index contributed by atoms with van der Waals surface area (Å²) in [4.78, 5) is 4.31. The van der Waals surface area contributed by atoms with Gasteiger partial charge in [0.1, 0.15) is 4.90 Å². The third-order valence-electron chi connectivity index (χ3n) is 3.78. The Labute approximate surface area is 146 Å². The molecule has 7 heteroatoms. The van der Waals surface area contributed by atoms with Gasteiger partial charge in [0, 0.05) is 17.1 Å². The van der Waals surface area contributed by atoms with Gasteiger partial charge in [-0.25, -0.2) is 13.4 Å². The summed E-state index contributed by atoms with van der Waals surface area (Å²) in [6.07, 6.45) is 1.74. The summed E-state index contributed by atoms with van der Waals surface area (Å²) in [5.41, 5.74) is 3.37. The van der Waals surface area contributed by atoms with Gasteiger partial charge >= 0.3 is 0 Å². The normalized spacial score (nSPS) is 11.5. The maximum absolute atomic E-state index is 12.4. The molecule has 124 valence electrons. The van der Waals surface area contributed by atoms with Crippen molar-refractivity contribution in [1.29, 1.82) is 0 Å². The molecule has 0 bridgehead atoms. The van der Waals surface area contributed by atoms with E-state index >= 15 is 0 Å². The lowest BCUT2D eigenvalue weighted by Gasteiger charge is -2.11. The van der Waals surface area contributed by atoms with Gasteiger partial charge in [-0.2, -0.15) is 0 Å². The summed E-state index contributed by atoms with van der Waals surface area (Å²) in [7, 11) is -3.73. The zero-order valence-electron chi connectivity index (χ0n) is 13.2. The number of hydrogen-bond acceptors (Lipinski definition) is 3. The zero-order valence-corrected chi connectivity index (χ0v) is 14.8. The van der Waals surface area contributed by atoms with Gasteiger partial charge in [0.2, 0.25) is 0 Å². The minimum Gasteiger partial charge on any atom is -0.303 e. The number of nitrogens with one attached hydrogen (secondary N) is 1. The van der Waals surface area contributed by atoms with E-state index in [2.05, 4.69) is 9.71 Å². The van der Waals surface area contributed by atoms with E-state index in [1.54, 1.807) is 36.7 Å². The number of nitrogens with zero attached hydrogens (tertiary/aromatic N) is 2. The summed E-state index contributed by atoms with van der Waals surface area (Å²) in [6.45, 7) is 3.92. The zero-order chi connectivity index (χ0) is 17.3. The molecule has 0 aliphatic heterocycles. The van der Waals surface area contributed by atoms with Crippen molar-refractivity contribution < 1.29 is 8.42 Å². The highest BCUT2D eigenvalue weighted by molar-refractivity contribution is 7.92. The van der Waals surface area contributed by atoms with Crippen LogP contribution in [0, 0.1) is 13.8 Å². The summed E-state index contributed by atoms with van der Waals surface area (Å²) in [5, 5.41) is 0.186. The number of hydrogen-bond donors (Lipinski definition) is 1.